The van der Waals surface area contributed by atoms with Gasteiger partial charge in [-0.2, -0.15) is 0 Å². The Morgan fingerprint density at radius 3 is 2.61 bits per heavy atom. The third-order valence-electron chi connectivity index (χ3n) is 3.77. The normalized spacial score (nSPS) is 14.8. The van der Waals surface area contributed by atoms with Crippen LogP contribution in [-0.4, -0.2) is 44.4 Å². The number of hydrogen-bond donors (Lipinski definition) is 0. The minimum atomic E-state index is -0.226. The number of rotatable bonds is 6. The van der Waals surface area contributed by atoms with Gasteiger partial charge in [0, 0.05) is 37.1 Å². The Kier molecular flexibility index (Phi) is 4.62. The summed E-state index contributed by atoms with van der Waals surface area (Å²) in [6.07, 6.45) is 6.00. The summed E-state index contributed by atoms with van der Waals surface area (Å²) in [5, 5.41) is 0.652. The van der Waals surface area contributed by atoms with Gasteiger partial charge in [0.25, 0.3) is 0 Å². The Hall–Kier alpha value is -2.34. The molecule has 6 nitrogen and oxygen atoms in total. The van der Waals surface area contributed by atoms with Gasteiger partial charge in [0.15, 0.2) is 0 Å². The van der Waals surface area contributed by atoms with Gasteiger partial charge in [-0.1, -0.05) is 23.7 Å². The molecule has 1 fully saturated rings. The highest BCUT2D eigenvalue weighted by molar-refractivity contribution is 6.30. The van der Waals surface area contributed by atoms with Crippen LogP contribution in [0, 0.1) is 0 Å². The van der Waals surface area contributed by atoms with Crippen molar-refractivity contribution in [1.82, 2.24) is 19.4 Å². The molecule has 0 N–H and O–H groups in total. The number of imide groups is 1. The summed E-state index contributed by atoms with van der Waals surface area (Å²) in [5.41, 5.74) is 0.954. The van der Waals surface area contributed by atoms with Crippen molar-refractivity contribution >= 4 is 23.5 Å². The fourth-order valence-electron chi connectivity index (χ4n) is 2.58. The van der Waals surface area contributed by atoms with Crippen LogP contribution >= 0.6 is 11.6 Å². The number of halogens is 1. The van der Waals surface area contributed by atoms with Crippen LogP contribution in [0.3, 0.4) is 0 Å². The van der Waals surface area contributed by atoms with E-state index in [9.17, 15) is 9.59 Å². The monoisotopic (exact) mass is 332 g/mol. The van der Waals surface area contributed by atoms with Gasteiger partial charge in [0.2, 0.25) is 5.91 Å². The largest absolute Gasteiger partial charge is 0.337 e. The second kappa shape index (κ2) is 6.83. The molecule has 23 heavy (non-hydrogen) atoms. The lowest BCUT2D eigenvalue weighted by atomic mass is 10.2. The molecule has 0 spiro atoms. The van der Waals surface area contributed by atoms with Crippen molar-refractivity contribution in [1.29, 1.82) is 0 Å². The van der Waals surface area contributed by atoms with Crippen molar-refractivity contribution in [3.05, 3.63) is 53.6 Å². The molecule has 1 aliphatic rings. The number of aryl methyl sites for hydroxylation is 1. The molecule has 3 amide bonds. The average Bonchev–Trinajstić information content (AvgIpc) is 3.13. The third-order valence-corrected chi connectivity index (χ3v) is 4.02. The number of urea groups is 1. The standard InChI is InChI=1S/C16H17ClN4O2/c17-14-4-2-13(3-5-14)10-20-11-15(22)21(16(20)23)8-1-7-19-9-6-18-12-19/h2-6,9,12H,1,7-8,10-11H2. The predicted octanol–water partition coefficient (Wildman–Crippen LogP) is 2.39. The fourth-order valence-corrected chi connectivity index (χ4v) is 2.70. The summed E-state index contributed by atoms with van der Waals surface area (Å²) in [4.78, 5) is 31.3. The van der Waals surface area contributed by atoms with Gasteiger partial charge in [-0.15, -0.1) is 0 Å². The summed E-state index contributed by atoms with van der Waals surface area (Å²) < 4.78 is 1.93. The number of benzene rings is 1. The zero-order valence-corrected chi connectivity index (χ0v) is 13.3. The van der Waals surface area contributed by atoms with Crippen molar-refractivity contribution in [3.8, 4) is 0 Å². The summed E-state index contributed by atoms with van der Waals surface area (Å²) in [6.45, 7) is 1.70. The molecule has 0 saturated carbocycles. The lowest BCUT2D eigenvalue weighted by Crippen LogP contribution is -2.34. The van der Waals surface area contributed by atoms with Crippen LogP contribution in [0.5, 0.6) is 0 Å². The Morgan fingerprint density at radius 1 is 1.13 bits per heavy atom. The molecule has 2 aromatic rings. The summed E-state index contributed by atoms with van der Waals surface area (Å²) in [6, 6.07) is 7.06. The van der Waals surface area contributed by atoms with Crippen LogP contribution in [0.1, 0.15) is 12.0 Å². The van der Waals surface area contributed by atoms with E-state index >= 15 is 0 Å². The average molecular weight is 333 g/mol. The van der Waals surface area contributed by atoms with Crippen LogP contribution in [0.25, 0.3) is 0 Å². The maximum absolute atomic E-state index is 12.4. The Morgan fingerprint density at radius 2 is 1.91 bits per heavy atom. The number of hydrogen-bond acceptors (Lipinski definition) is 3. The Labute approximate surface area is 139 Å². The number of carbonyl (C=O) groups is 2. The van der Waals surface area contributed by atoms with Crippen LogP contribution in [0.15, 0.2) is 43.0 Å². The fraction of sp³-hybridized carbons (Fsp3) is 0.312. The lowest BCUT2D eigenvalue weighted by molar-refractivity contribution is -0.125. The van der Waals surface area contributed by atoms with Crippen LogP contribution in [0.2, 0.25) is 5.02 Å². The van der Waals surface area contributed by atoms with E-state index < -0.39 is 0 Å². The summed E-state index contributed by atoms with van der Waals surface area (Å²) in [5.74, 6) is -0.144. The summed E-state index contributed by atoms with van der Waals surface area (Å²) in [7, 11) is 0. The predicted molar refractivity (Wildman–Crippen MR) is 85.8 cm³/mol. The quantitative estimate of drug-likeness (QED) is 0.763. The molecule has 1 saturated heterocycles. The molecule has 0 radical (unpaired) electrons. The van der Waals surface area contributed by atoms with Gasteiger partial charge in [-0.05, 0) is 24.1 Å². The van der Waals surface area contributed by atoms with Crippen molar-refractivity contribution < 1.29 is 9.59 Å². The highest BCUT2D eigenvalue weighted by atomic mass is 35.5. The first-order valence-corrected chi connectivity index (χ1v) is 7.81. The van der Waals surface area contributed by atoms with E-state index in [2.05, 4.69) is 4.98 Å². The molecule has 2 heterocycles. The van der Waals surface area contributed by atoms with Gasteiger partial charge in [-0.3, -0.25) is 9.69 Å². The molecule has 1 aromatic carbocycles. The minimum absolute atomic E-state index is 0.131. The molecule has 0 atom stereocenters. The molecule has 1 aromatic heterocycles. The first kappa shape index (κ1) is 15.6. The number of nitrogens with zero attached hydrogens (tertiary/aromatic N) is 4. The van der Waals surface area contributed by atoms with E-state index in [0.717, 1.165) is 12.1 Å². The smallest absolute Gasteiger partial charge is 0.327 e. The number of carbonyl (C=O) groups excluding carboxylic acids is 2. The molecule has 1 aliphatic heterocycles. The van der Waals surface area contributed by atoms with E-state index in [1.54, 1.807) is 29.6 Å². The van der Waals surface area contributed by atoms with Gasteiger partial charge in [0.1, 0.15) is 6.54 Å². The van der Waals surface area contributed by atoms with E-state index in [4.69, 9.17) is 11.6 Å². The maximum atomic E-state index is 12.4. The molecular formula is C16H17ClN4O2. The number of aromatic nitrogens is 2. The molecular weight excluding hydrogens is 316 g/mol. The Bertz CT molecular complexity index is 685. The van der Waals surface area contributed by atoms with E-state index in [1.807, 2.05) is 22.9 Å². The van der Waals surface area contributed by atoms with Crippen molar-refractivity contribution in [2.24, 2.45) is 0 Å². The van der Waals surface area contributed by atoms with Crippen LogP contribution in [-0.2, 0) is 17.9 Å². The molecule has 7 heteroatoms. The second-order valence-electron chi connectivity index (χ2n) is 5.46. The van der Waals surface area contributed by atoms with Gasteiger partial charge < -0.3 is 9.47 Å². The number of amides is 3. The topological polar surface area (TPSA) is 58.4 Å². The van der Waals surface area contributed by atoms with Gasteiger partial charge in [-0.25, -0.2) is 9.78 Å². The Balaban J connectivity index is 1.55. The van der Waals surface area contributed by atoms with Gasteiger partial charge in [0.05, 0.1) is 6.33 Å². The SMILES string of the molecule is O=C1CN(Cc2ccc(Cl)cc2)C(=O)N1CCCn1ccnc1. The van der Waals surface area contributed by atoms with Crippen LogP contribution in [0.4, 0.5) is 4.79 Å². The zero-order chi connectivity index (χ0) is 16.2. The van der Waals surface area contributed by atoms with Gasteiger partial charge >= 0.3 is 6.03 Å². The molecule has 0 bridgehead atoms. The van der Waals surface area contributed by atoms with Crippen molar-refractivity contribution in [3.63, 3.8) is 0 Å². The minimum Gasteiger partial charge on any atom is -0.337 e. The van der Waals surface area contributed by atoms with Crippen LogP contribution < -0.4 is 0 Å². The van der Waals surface area contributed by atoms with Crippen molar-refractivity contribution in [2.45, 2.75) is 19.5 Å². The third kappa shape index (κ3) is 3.71. The van der Waals surface area contributed by atoms with Crippen molar-refractivity contribution in [2.75, 3.05) is 13.1 Å². The first-order chi connectivity index (χ1) is 11.1. The molecule has 120 valence electrons. The second-order valence-corrected chi connectivity index (χ2v) is 5.90. The van der Waals surface area contributed by atoms with E-state index in [1.165, 1.54) is 4.90 Å². The van der Waals surface area contributed by atoms with E-state index in [0.29, 0.717) is 24.5 Å². The molecule has 0 aliphatic carbocycles. The summed E-state index contributed by atoms with van der Waals surface area (Å²) >= 11 is 5.85. The lowest BCUT2D eigenvalue weighted by Gasteiger charge is -2.17. The molecule has 3 rings (SSSR count). The highest BCUT2D eigenvalue weighted by Gasteiger charge is 2.35. The maximum Gasteiger partial charge on any atom is 0.327 e. The zero-order valence-electron chi connectivity index (χ0n) is 12.6. The molecule has 0 unspecified atom stereocenters. The first-order valence-electron chi connectivity index (χ1n) is 7.43. The van der Waals surface area contributed by atoms with E-state index in [-0.39, 0.29) is 18.5 Å². The number of imidazole rings is 1. The highest BCUT2D eigenvalue weighted by Crippen LogP contribution is 2.16.